The molecule has 0 saturated heterocycles. The van der Waals surface area contributed by atoms with Gasteiger partial charge >= 0.3 is 0 Å². The maximum absolute atomic E-state index is 12.7. The molecule has 6 heteroatoms. The van der Waals surface area contributed by atoms with Crippen molar-refractivity contribution >= 4 is 17.2 Å². The Kier molecular flexibility index (Phi) is 4.55. The van der Waals surface area contributed by atoms with Crippen LogP contribution in [0.1, 0.15) is 10.4 Å². The van der Waals surface area contributed by atoms with Crippen molar-refractivity contribution in [3.63, 3.8) is 0 Å². The Hall–Kier alpha value is -2.44. The number of rotatable bonds is 5. The highest BCUT2D eigenvalue weighted by Crippen LogP contribution is 2.28. The summed E-state index contributed by atoms with van der Waals surface area (Å²) < 4.78 is 1.72. The van der Waals surface area contributed by atoms with E-state index in [1.54, 1.807) is 29.3 Å². The summed E-state index contributed by atoms with van der Waals surface area (Å²) in [5.41, 5.74) is 2.10. The van der Waals surface area contributed by atoms with Crippen LogP contribution < -0.4 is 0 Å². The van der Waals surface area contributed by atoms with E-state index in [9.17, 15) is 4.79 Å². The number of nitrogens with zero attached hydrogens (tertiary/aromatic N) is 3. The average molecular weight is 327 g/mol. The van der Waals surface area contributed by atoms with Gasteiger partial charge in [0.05, 0.1) is 22.7 Å². The van der Waals surface area contributed by atoms with Crippen molar-refractivity contribution < 1.29 is 9.90 Å². The third-order valence-corrected chi connectivity index (χ3v) is 4.38. The Morgan fingerprint density at radius 2 is 2.04 bits per heavy atom. The zero-order valence-corrected chi connectivity index (χ0v) is 13.5. The number of benzene rings is 1. The molecule has 5 nitrogen and oxygen atoms in total. The first-order chi connectivity index (χ1) is 11.2. The van der Waals surface area contributed by atoms with Gasteiger partial charge in [0.25, 0.3) is 5.91 Å². The van der Waals surface area contributed by atoms with Crippen LogP contribution in [0.15, 0.2) is 54.0 Å². The molecule has 3 aromatic rings. The van der Waals surface area contributed by atoms with Gasteiger partial charge in [-0.2, -0.15) is 5.10 Å². The Morgan fingerprint density at radius 3 is 2.70 bits per heavy atom. The lowest BCUT2D eigenvalue weighted by molar-refractivity contribution is 0.0767. The molecule has 0 aliphatic carbocycles. The highest BCUT2D eigenvalue weighted by molar-refractivity contribution is 7.13. The van der Waals surface area contributed by atoms with E-state index in [1.165, 1.54) is 4.90 Å². The van der Waals surface area contributed by atoms with Gasteiger partial charge in [0.1, 0.15) is 5.69 Å². The van der Waals surface area contributed by atoms with Crippen LogP contribution in [0.2, 0.25) is 0 Å². The summed E-state index contributed by atoms with van der Waals surface area (Å²) in [6.07, 6.45) is 1.75. The standard InChI is InChI=1S/C17H17N3O2S/c1-19(9-10-21)17(22)14-12-20(13-6-3-2-4-7-13)18-16(14)15-8-5-11-23-15/h2-8,11-12,21H,9-10H2,1H3. The molecule has 0 fully saturated rings. The molecule has 0 saturated carbocycles. The van der Waals surface area contributed by atoms with Crippen LogP contribution in [0.3, 0.4) is 0 Å². The van der Waals surface area contributed by atoms with Crippen molar-refractivity contribution in [2.24, 2.45) is 0 Å². The molecule has 23 heavy (non-hydrogen) atoms. The molecule has 3 rings (SSSR count). The molecule has 1 aromatic carbocycles. The number of thiophene rings is 1. The molecule has 0 aliphatic heterocycles. The van der Waals surface area contributed by atoms with Crippen molar-refractivity contribution in [3.05, 3.63) is 59.6 Å². The number of hydrogen-bond acceptors (Lipinski definition) is 4. The number of amides is 1. The molecular formula is C17H17N3O2S. The van der Waals surface area contributed by atoms with Crippen LogP contribution in [0.25, 0.3) is 16.3 Å². The number of aliphatic hydroxyl groups excluding tert-OH is 1. The summed E-state index contributed by atoms with van der Waals surface area (Å²) >= 11 is 1.55. The predicted octanol–water partition coefficient (Wildman–Crippen LogP) is 2.67. The number of carbonyl (C=O) groups is 1. The van der Waals surface area contributed by atoms with Gasteiger partial charge in [-0.25, -0.2) is 4.68 Å². The minimum absolute atomic E-state index is 0.0661. The average Bonchev–Trinajstić information content (AvgIpc) is 3.24. The minimum atomic E-state index is -0.148. The summed E-state index contributed by atoms with van der Waals surface area (Å²) in [7, 11) is 1.68. The molecule has 0 unspecified atom stereocenters. The molecule has 118 valence electrons. The monoisotopic (exact) mass is 327 g/mol. The molecule has 0 bridgehead atoms. The molecule has 0 spiro atoms. The molecule has 0 aliphatic rings. The second-order valence-electron chi connectivity index (χ2n) is 5.10. The summed E-state index contributed by atoms with van der Waals surface area (Å²) in [6.45, 7) is 0.225. The molecule has 1 N–H and O–H groups in total. The molecular weight excluding hydrogens is 310 g/mol. The normalized spacial score (nSPS) is 10.7. The van der Waals surface area contributed by atoms with Gasteiger partial charge in [-0.15, -0.1) is 11.3 Å². The maximum Gasteiger partial charge on any atom is 0.257 e. The largest absolute Gasteiger partial charge is 0.395 e. The third kappa shape index (κ3) is 3.18. The highest BCUT2D eigenvalue weighted by atomic mass is 32.1. The van der Waals surface area contributed by atoms with Crippen LogP contribution in [0.5, 0.6) is 0 Å². The topological polar surface area (TPSA) is 58.4 Å². The maximum atomic E-state index is 12.7. The van der Waals surface area contributed by atoms with Gasteiger partial charge < -0.3 is 10.0 Å². The smallest absolute Gasteiger partial charge is 0.257 e. The van der Waals surface area contributed by atoms with Gasteiger partial charge in [0.2, 0.25) is 0 Å². The van der Waals surface area contributed by atoms with Gasteiger partial charge in [-0.3, -0.25) is 4.79 Å². The summed E-state index contributed by atoms with van der Waals surface area (Å²) in [6, 6.07) is 13.6. The summed E-state index contributed by atoms with van der Waals surface area (Å²) in [5, 5.41) is 15.6. The first-order valence-electron chi connectivity index (χ1n) is 7.26. The Morgan fingerprint density at radius 1 is 1.26 bits per heavy atom. The first-order valence-corrected chi connectivity index (χ1v) is 8.14. The van der Waals surface area contributed by atoms with E-state index in [4.69, 9.17) is 5.11 Å². The fourth-order valence-electron chi connectivity index (χ4n) is 2.30. The lowest BCUT2D eigenvalue weighted by Crippen LogP contribution is -2.29. The van der Waals surface area contributed by atoms with E-state index in [2.05, 4.69) is 5.10 Å². The van der Waals surface area contributed by atoms with Crippen LogP contribution >= 0.6 is 11.3 Å². The Balaban J connectivity index is 2.06. The summed E-state index contributed by atoms with van der Waals surface area (Å²) in [4.78, 5) is 15.1. The van der Waals surface area contributed by atoms with Crippen molar-refractivity contribution in [1.29, 1.82) is 0 Å². The van der Waals surface area contributed by atoms with Gasteiger partial charge in [0, 0.05) is 19.8 Å². The van der Waals surface area contributed by atoms with E-state index >= 15 is 0 Å². The SMILES string of the molecule is CN(CCO)C(=O)c1cn(-c2ccccc2)nc1-c1cccs1. The quantitative estimate of drug-likeness (QED) is 0.784. The van der Waals surface area contributed by atoms with E-state index in [1.807, 2.05) is 47.8 Å². The third-order valence-electron chi connectivity index (χ3n) is 3.50. The zero-order valence-electron chi connectivity index (χ0n) is 12.7. The second kappa shape index (κ2) is 6.76. The zero-order chi connectivity index (χ0) is 16.2. The van der Waals surface area contributed by atoms with E-state index in [-0.39, 0.29) is 12.5 Å². The van der Waals surface area contributed by atoms with Crippen LogP contribution in [-0.4, -0.2) is 45.9 Å². The number of para-hydroxylation sites is 1. The van der Waals surface area contributed by atoms with Gasteiger partial charge in [-0.05, 0) is 23.6 Å². The van der Waals surface area contributed by atoms with Crippen LogP contribution in [0.4, 0.5) is 0 Å². The molecule has 0 radical (unpaired) electrons. The van der Waals surface area contributed by atoms with E-state index < -0.39 is 0 Å². The number of aromatic nitrogens is 2. The van der Waals surface area contributed by atoms with Crippen molar-refractivity contribution in [2.45, 2.75) is 0 Å². The van der Waals surface area contributed by atoms with E-state index in [0.29, 0.717) is 17.8 Å². The molecule has 0 atom stereocenters. The van der Waals surface area contributed by atoms with Gasteiger partial charge in [0.15, 0.2) is 0 Å². The van der Waals surface area contributed by atoms with Gasteiger partial charge in [-0.1, -0.05) is 24.3 Å². The Labute approximate surface area is 138 Å². The highest BCUT2D eigenvalue weighted by Gasteiger charge is 2.21. The fourth-order valence-corrected chi connectivity index (χ4v) is 3.02. The van der Waals surface area contributed by atoms with Crippen molar-refractivity contribution in [1.82, 2.24) is 14.7 Å². The second-order valence-corrected chi connectivity index (χ2v) is 6.05. The predicted molar refractivity (Wildman–Crippen MR) is 90.9 cm³/mol. The van der Waals surface area contributed by atoms with Crippen LogP contribution in [-0.2, 0) is 0 Å². The van der Waals surface area contributed by atoms with E-state index in [0.717, 1.165) is 10.6 Å². The Bertz CT molecular complexity index is 782. The number of carbonyl (C=O) groups excluding carboxylic acids is 1. The lowest BCUT2D eigenvalue weighted by Gasteiger charge is -2.14. The van der Waals surface area contributed by atoms with Crippen molar-refractivity contribution in [3.8, 4) is 16.3 Å². The number of hydrogen-bond donors (Lipinski definition) is 1. The molecule has 2 heterocycles. The fraction of sp³-hybridized carbons (Fsp3) is 0.176. The minimum Gasteiger partial charge on any atom is -0.395 e. The van der Waals surface area contributed by atoms with Crippen LogP contribution in [0, 0.1) is 0 Å². The number of likely N-dealkylation sites (N-methyl/N-ethyl adjacent to an activating group) is 1. The summed E-state index contributed by atoms with van der Waals surface area (Å²) in [5.74, 6) is -0.148. The number of aliphatic hydroxyl groups is 1. The van der Waals surface area contributed by atoms with Crippen molar-refractivity contribution in [2.75, 3.05) is 20.2 Å². The lowest BCUT2D eigenvalue weighted by atomic mass is 10.2. The first kappa shape index (κ1) is 15.5. The molecule has 1 amide bonds. The molecule has 2 aromatic heterocycles.